The third-order valence-corrected chi connectivity index (χ3v) is 3.47. The van der Waals surface area contributed by atoms with Crippen molar-refractivity contribution in [3.05, 3.63) is 52.7 Å². The number of nitrogens with zero attached hydrogens (tertiary/aromatic N) is 3. The van der Waals surface area contributed by atoms with Crippen LogP contribution in [-0.2, 0) is 7.05 Å². The van der Waals surface area contributed by atoms with Crippen LogP contribution in [0.5, 0.6) is 5.75 Å². The lowest BCUT2D eigenvalue weighted by atomic mass is 10.0. The van der Waals surface area contributed by atoms with Crippen LogP contribution in [0, 0.1) is 10.1 Å². The van der Waals surface area contributed by atoms with E-state index < -0.39 is 4.92 Å². The number of nitro groups is 1. The van der Waals surface area contributed by atoms with Crippen molar-refractivity contribution >= 4 is 16.6 Å². The van der Waals surface area contributed by atoms with E-state index in [9.17, 15) is 10.1 Å². The third-order valence-electron chi connectivity index (χ3n) is 3.47. The van der Waals surface area contributed by atoms with Crippen LogP contribution in [0.3, 0.4) is 0 Å². The molecular weight excluding hydrogens is 270 g/mol. The summed E-state index contributed by atoms with van der Waals surface area (Å²) in [5.41, 5.74) is 2.50. The van der Waals surface area contributed by atoms with Gasteiger partial charge < -0.3 is 4.74 Å². The second kappa shape index (κ2) is 4.90. The average Bonchev–Trinajstić information content (AvgIpc) is 2.88. The summed E-state index contributed by atoms with van der Waals surface area (Å²) in [6, 6.07) is 10.8. The number of non-ortho nitro benzene ring substituents is 1. The molecule has 0 aliphatic heterocycles. The molecule has 0 unspecified atom stereocenters. The molecule has 2 aromatic carbocycles. The zero-order valence-electron chi connectivity index (χ0n) is 11.6. The molecular formula is C15H13N3O3. The fraction of sp³-hybridized carbons (Fsp3) is 0.133. The monoisotopic (exact) mass is 283 g/mol. The summed E-state index contributed by atoms with van der Waals surface area (Å²) >= 11 is 0. The minimum Gasteiger partial charge on any atom is -0.496 e. The molecule has 3 aromatic rings. The highest BCUT2D eigenvalue weighted by Crippen LogP contribution is 2.37. The lowest BCUT2D eigenvalue weighted by Gasteiger charge is -2.10. The number of aromatic nitrogens is 2. The Labute approximate surface area is 120 Å². The van der Waals surface area contributed by atoms with E-state index in [0.29, 0.717) is 16.7 Å². The average molecular weight is 283 g/mol. The highest BCUT2D eigenvalue weighted by molar-refractivity contribution is 6.00. The predicted molar refractivity (Wildman–Crippen MR) is 79.4 cm³/mol. The van der Waals surface area contributed by atoms with E-state index in [4.69, 9.17) is 4.74 Å². The van der Waals surface area contributed by atoms with Crippen LogP contribution in [0.15, 0.2) is 42.6 Å². The SMILES string of the molecule is COc1ccccc1-c1ccc([N+](=O)[O-])c2cnn(C)c12. The molecule has 0 amide bonds. The van der Waals surface area contributed by atoms with Crippen molar-refractivity contribution in [1.29, 1.82) is 0 Å². The van der Waals surface area contributed by atoms with Crippen LogP contribution in [0.4, 0.5) is 5.69 Å². The molecule has 0 spiro atoms. The van der Waals surface area contributed by atoms with Crippen LogP contribution in [-0.4, -0.2) is 21.8 Å². The van der Waals surface area contributed by atoms with Gasteiger partial charge in [0.05, 0.1) is 29.1 Å². The van der Waals surface area contributed by atoms with Gasteiger partial charge in [0.15, 0.2) is 0 Å². The van der Waals surface area contributed by atoms with E-state index in [1.54, 1.807) is 24.9 Å². The Morgan fingerprint density at radius 2 is 1.95 bits per heavy atom. The van der Waals surface area contributed by atoms with Crippen molar-refractivity contribution < 1.29 is 9.66 Å². The van der Waals surface area contributed by atoms with Gasteiger partial charge in [-0.25, -0.2) is 0 Å². The molecule has 3 rings (SSSR count). The summed E-state index contributed by atoms with van der Waals surface area (Å²) in [6.07, 6.45) is 1.52. The predicted octanol–water partition coefficient (Wildman–Crippen LogP) is 3.16. The van der Waals surface area contributed by atoms with E-state index in [0.717, 1.165) is 11.1 Å². The van der Waals surface area contributed by atoms with Gasteiger partial charge in [0, 0.05) is 24.2 Å². The Hall–Kier alpha value is -2.89. The Morgan fingerprint density at radius 1 is 1.19 bits per heavy atom. The summed E-state index contributed by atoms with van der Waals surface area (Å²) in [5.74, 6) is 0.717. The maximum Gasteiger partial charge on any atom is 0.280 e. The van der Waals surface area contributed by atoms with Crippen molar-refractivity contribution in [2.45, 2.75) is 0 Å². The lowest BCUT2D eigenvalue weighted by molar-refractivity contribution is -0.383. The summed E-state index contributed by atoms with van der Waals surface area (Å²) in [4.78, 5) is 10.7. The first-order valence-electron chi connectivity index (χ1n) is 6.36. The van der Waals surface area contributed by atoms with Crippen LogP contribution in [0.1, 0.15) is 0 Å². The molecule has 1 aromatic heterocycles. The van der Waals surface area contributed by atoms with Crippen LogP contribution in [0.25, 0.3) is 22.0 Å². The third kappa shape index (κ3) is 2.01. The summed E-state index contributed by atoms with van der Waals surface area (Å²) in [5, 5.41) is 15.8. The summed E-state index contributed by atoms with van der Waals surface area (Å²) in [7, 11) is 3.37. The van der Waals surface area contributed by atoms with Gasteiger partial charge in [-0.3, -0.25) is 14.8 Å². The Kier molecular flexibility index (Phi) is 3.06. The van der Waals surface area contributed by atoms with Crippen LogP contribution < -0.4 is 4.74 Å². The molecule has 0 aliphatic carbocycles. The van der Waals surface area contributed by atoms with Crippen molar-refractivity contribution in [1.82, 2.24) is 9.78 Å². The molecule has 21 heavy (non-hydrogen) atoms. The van der Waals surface area contributed by atoms with Crippen LogP contribution in [0.2, 0.25) is 0 Å². The minimum atomic E-state index is -0.393. The number of benzene rings is 2. The molecule has 0 aliphatic rings. The molecule has 106 valence electrons. The van der Waals surface area contributed by atoms with E-state index in [2.05, 4.69) is 5.10 Å². The molecule has 0 radical (unpaired) electrons. The topological polar surface area (TPSA) is 70.2 Å². The molecule has 0 N–H and O–H groups in total. The Morgan fingerprint density at radius 3 is 2.67 bits per heavy atom. The van der Waals surface area contributed by atoms with Gasteiger partial charge in [-0.05, 0) is 12.1 Å². The smallest absolute Gasteiger partial charge is 0.280 e. The van der Waals surface area contributed by atoms with Gasteiger partial charge >= 0.3 is 0 Å². The molecule has 0 saturated heterocycles. The van der Waals surface area contributed by atoms with Gasteiger partial charge in [-0.2, -0.15) is 5.10 Å². The van der Waals surface area contributed by atoms with E-state index in [1.165, 1.54) is 12.3 Å². The van der Waals surface area contributed by atoms with Crippen molar-refractivity contribution in [3.63, 3.8) is 0 Å². The quantitative estimate of drug-likeness (QED) is 0.547. The van der Waals surface area contributed by atoms with Crippen LogP contribution >= 0.6 is 0 Å². The molecule has 0 atom stereocenters. The first-order valence-corrected chi connectivity index (χ1v) is 6.36. The first-order chi connectivity index (χ1) is 10.1. The normalized spacial score (nSPS) is 10.8. The molecule has 6 nitrogen and oxygen atoms in total. The number of nitro benzene ring substituents is 1. The second-order valence-electron chi connectivity index (χ2n) is 4.62. The Balaban J connectivity index is 2.37. The number of hydrogen-bond acceptors (Lipinski definition) is 4. The van der Waals surface area contributed by atoms with Crippen molar-refractivity contribution in [3.8, 4) is 16.9 Å². The lowest BCUT2D eigenvalue weighted by Crippen LogP contribution is -1.95. The number of rotatable bonds is 3. The molecule has 6 heteroatoms. The number of ether oxygens (including phenoxy) is 1. The number of hydrogen-bond donors (Lipinski definition) is 0. The second-order valence-corrected chi connectivity index (χ2v) is 4.62. The van der Waals surface area contributed by atoms with Gasteiger partial charge in [0.2, 0.25) is 0 Å². The number of aryl methyl sites for hydroxylation is 1. The fourth-order valence-corrected chi connectivity index (χ4v) is 2.52. The fourth-order valence-electron chi connectivity index (χ4n) is 2.52. The van der Waals surface area contributed by atoms with Gasteiger partial charge in [0.25, 0.3) is 5.69 Å². The minimum absolute atomic E-state index is 0.0525. The zero-order valence-corrected chi connectivity index (χ0v) is 11.6. The number of methoxy groups -OCH3 is 1. The summed E-state index contributed by atoms with van der Waals surface area (Å²) < 4.78 is 7.02. The molecule has 0 saturated carbocycles. The molecule has 1 heterocycles. The van der Waals surface area contributed by atoms with E-state index >= 15 is 0 Å². The maximum absolute atomic E-state index is 11.1. The van der Waals surface area contributed by atoms with Crippen molar-refractivity contribution in [2.24, 2.45) is 7.05 Å². The standard InChI is InChI=1S/C15H13N3O3/c1-17-15-11(10-5-3-4-6-14(10)21-2)7-8-13(18(19)20)12(15)9-16-17/h3-9H,1-2H3. The largest absolute Gasteiger partial charge is 0.496 e. The first kappa shape index (κ1) is 13.1. The Bertz CT molecular complexity index is 839. The van der Waals surface area contributed by atoms with Crippen molar-refractivity contribution in [2.75, 3.05) is 7.11 Å². The maximum atomic E-state index is 11.1. The van der Waals surface area contributed by atoms with E-state index in [1.807, 2.05) is 24.3 Å². The number of fused-ring (bicyclic) bond motifs is 1. The summed E-state index contributed by atoms with van der Waals surface area (Å²) in [6.45, 7) is 0. The van der Waals surface area contributed by atoms with Gasteiger partial charge in [-0.1, -0.05) is 18.2 Å². The van der Waals surface area contributed by atoms with Gasteiger partial charge in [0.1, 0.15) is 5.75 Å². The van der Waals surface area contributed by atoms with E-state index in [-0.39, 0.29) is 5.69 Å². The number of para-hydroxylation sites is 1. The molecule has 0 bridgehead atoms. The van der Waals surface area contributed by atoms with Gasteiger partial charge in [-0.15, -0.1) is 0 Å². The highest BCUT2D eigenvalue weighted by Gasteiger charge is 2.19. The zero-order chi connectivity index (χ0) is 15.0. The molecule has 0 fully saturated rings. The highest BCUT2D eigenvalue weighted by atomic mass is 16.6.